The summed E-state index contributed by atoms with van der Waals surface area (Å²) >= 11 is 1.58. The van der Waals surface area contributed by atoms with E-state index in [1.807, 2.05) is 7.05 Å². The summed E-state index contributed by atoms with van der Waals surface area (Å²) in [6.07, 6.45) is 0. The first-order chi connectivity index (χ1) is 9.51. The molecule has 0 saturated carbocycles. The average Bonchev–Trinajstić information content (AvgIpc) is 2.83. The summed E-state index contributed by atoms with van der Waals surface area (Å²) in [7, 11) is 2.05. The van der Waals surface area contributed by atoms with Crippen molar-refractivity contribution in [3.8, 4) is 0 Å². The molecule has 0 aliphatic carbocycles. The molecule has 0 aliphatic rings. The maximum atomic E-state index is 9.44. The van der Waals surface area contributed by atoms with Crippen molar-refractivity contribution in [1.82, 2.24) is 4.98 Å². The number of hydrogen-bond acceptors (Lipinski definition) is 4. The second-order valence-electron chi connectivity index (χ2n) is 5.46. The molecule has 108 valence electrons. The van der Waals surface area contributed by atoms with Crippen molar-refractivity contribution in [3.63, 3.8) is 0 Å². The van der Waals surface area contributed by atoms with Crippen molar-refractivity contribution < 1.29 is 5.11 Å². The van der Waals surface area contributed by atoms with Gasteiger partial charge in [-0.1, -0.05) is 55.0 Å². The predicted octanol–water partition coefficient (Wildman–Crippen LogP) is 3.70. The molecule has 4 heteroatoms. The molecule has 1 aromatic heterocycles. The van der Waals surface area contributed by atoms with E-state index in [2.05, 4.69) is 54.9 Å². The van der Waals surface area contributed by atoms with E-state index in [4.69, 9.17) is 0 Å². The molecule has 0 atom stereocenters. The van der Waals surface area contributed by atoms with Gasteiger partial charge in [0.05, 0.1) is 17.2 Å². The van der Waals surface area contributed by atoms with Crippen LogP contribution in [-0.4, -0.2) is 17.1 Å². The van der Waals surface area contributed by atoms with Gasteiger partial charge in [-0.25, -0.2) is 4.98 Å². The second kappa shape index (κ2) is 6.37. The van der Waals surface area contributed by atoms with Crippen LogP contribution in [0.3, 0.4) is 0 Å². The number of benzene rings is 1. The average molecular weight is 290 g/mol. The van der Waals surface area contributed by atoms with Gasteiger partial charge in [0, 0.05) is 13.6 Å². The van der Waals surface area contributed by atoms with Crippen molar-refractivity contribution in [1.29, 1.82) is 0 Å². The molecular weight excluding hydrogens is 268 g/mol. The molecular formula is C16H22N2OS. The van der Waals surface area contributed by atoms with E-state index in [0.717, 1.165) is 22.2 Å². The molecule has 0 saturated heterocycles. The molecule has 0 fully saturated rings. The number of aryl methyl sites for hydroxylation is 1. The topological polar surface area (TPSA) is 36.4 Å². The Morgan fingerprint density at radius 3 is 2.65 bits per heavy atom. The predicted molar refractivity (Wildman–Crippen MR) is 85.4 cm³/mol. The third kappa shape index (κ3) is 3.38. The number of rotatable bonds is 5. The smallest absolute Gasteiger partial charge is 0.185 e. The fraction of sp³-hybridized carbons (Fsp3) is 0.438. The SMILES string of the molecule is Cc1cccc(CN(C)c2nc(C(C)C)c(CO)s2)c1. The maximum absolute atomic E-state index is 9.44. The van der Waals surface area contributed by atoms with Gasteiger partial charge in [0.2, 0.25) is 0 Å². The number of anilines is 1. The molecule has 0 amide bonds. The van der Waals surface area contributed by atoms with E-state index >= 15 is 0 Å². The summed E-state index contributed by atoms with van der Waals surface area (Å²) in [5.74, 6) is 0.342. The van der Waals surface area contributed by atoms with E-state index < -0.39 is 0 Å². The Morgan fingerprint density at radius 2 is 2.10 bits per heavy atom. The quantitative estimate of drug-likeness (QED) is 0.912. The zero-order valence-corrected chi connectivity index (χ0v) is 13.4. The monoisotopic (exact) mass is 290 g/mol. The van der Waals surface area contributed by atoms with E-state index in [0.29, 0.717) is 5.92 Å². The molecule has 1 heterocycles. The van der Waals surface area contributed by atoms with Crippen molar-refractivity contribution >= 4 is 16.5 Å². The van der Waals surface area contributed by atoms with Gasteiger partial charge < -0.3 is 10.0 Å². The number of nitrogens with zero attached hydrogens (tertiary/aromatic N) is 2. The van der Waals surface area contributed by atoms with Crippen LogP contribution >= 0.6 is 11.3 Å². The molecule has 3 nitrogen and oxygen atoms in total. The van der Waals surface area contributed by atoms with Crippen LogP contribution in [0.25, 0.3) is 0 Å². The van der Waals surface area contributed by atoms with Crippen LogP contribution in [0.5, 0.6) is 0 Å². The summed E-state index contributed by atoms with van der Waals surface area (Å²) in [6.45, 7) is 7.23. The van der Waals surface area contributed by atoms with Crippen molar-refractivity contribution in [2.75, 3.05) is 11.9 Å². The molecule has 0 unspecified atom stereocenters. The Kier molecular flexibility index (Phi) is 4.78. The Hall–Kier alpha value is -1.39. The minimum atomic E-state index is 0.0729. The summed E-state index contributed by atoms with van der Waals surface area (Å²) in [6, 6.07) is 8.51. The van der Waals surface area contributed by atoms with Crippen LogP contribution in [0, 0.1) is 6.92 Å². The number of aliphatic hydroxyl groups is 1. The van der Waals surface area contributed by atoms with Crippen LogP contribution in [0.4, 0.5) is 5.13 Å². The van der Waals surface area contributed by atoms with Gasteiger partial charge >= 0.3 is 0 Å². The lowest BCUT2D eigenvalue weighted by atomic mass is 10.1. The van der Waals surface area contributed by atoms with Crippen LogP contribution < -0.4 is 4.90 Å². The highest BCUT2D eigenvalue weighted by Gasteiger charge is 2.16. The summed E-state index contributed by atoms with van der Waals surface area (Å²) in [4.78, 5) is 7.80. The highest BCUT2D eigenvalue weighted by atomic mass is 32.1. The summed E-state index contributed by atoms with van der Waals surface area (Å²) in [5.41, 5.74) is 3.57. The standard InChI is InChI=1S/C16H22N2OS/c1-11(2)15-14(10-19)20-16(17-15)18(4)9-13-7-5-6-12(3)8-13/h5-8,11,19H,9-10H2,1-4H3. The van der Waals surface area contributed by atoms with Crippen molar-refractivity contribution in [2.24, 2.45) is 0 Å². The van der Waals surface area contributed by atoms with Gasteiger partial charge in [0.1, 0.15) is 0 Å². The molecule has 1 N–H and O–H groups in total. The second-order valence-corrected chi connectivity index (χ2v) is 6.52. The van der Waals surface area contributed by atoms with Crippen LogP contribution in [0.2, 0.25) is 0 Å². The first kappa shape index (κ1) is 15.0. The van der Waals surface area contributed by atoms with Crippen molar-refractivity contribution in [2.45, 2.75) is 39.8 Å². The van der Waals surface area contributed by atoms with Crippen LogP contribution in [-0.2, 0) is 13.2 Å². The Balaban J connectivity index is 2.19. The molecule has 0 radical (unpaired) electrons. The van der Waals surface area contributed by atoms with Crippen molar-refractivity contribution in [3.05, 3.63) is 46.0 Å². The fourth-order valence-corrected chi connectivity index (χ4v) is 3.27. The lowest BCUT2D eigenvalue weighted by molar-refractivity contribution is 0.283. The van der Waals surface area contributed by atoms with Gasteiger partial charge in [-0.05, 0) is 18.4 Å². The highest BCUT2D eigenvalue weighted by molar-refractivity contribution is 7.15. The lowest BCUT2D eigenvalue weighted by Gasteiger charge is -2.16. The minimum Gasteiger partial charge on any atom is -0.391 e. The molecule has 1 aromatic carbocycles. The van der Waals surface area contributed by atoms with E-state index in [9.17, 15) is 5.11 Å². The largest absolute Gasteiger partial charge is 0.391 e. The summed E-state index contributed by atoms with van der Waals surface area (Å²) < 4.78 is 0. The first-order valence-corrected chi connectivity index (χ1v) is 7.70. The zero-order chi connectivity index (χ0) is 14.7. The Bertz CT molecular complexity index is 578. The van der Waals surface area contributed by atoms with Gasteiger partial charge in [-0.3, -0.25) is 0 Å². The molecule has 0 aliphatic heterocycles. The third-order valence-corrected chi connectivity index (χ3v) is 4.41. The number of aliphatic hydroxyl groups excluding tert-OH is 1. The van der Waals surface area contributed by atoms with Gasteiger partial charge in [0.25, 0.3) is 0 Å². The van der Waals surface area contributed by atoms with Crippen LogP contribution in [0.15, 0.2) is 24.3 Å². The molecule has 2 rings (SSSR count). The minimum absolute atomic E-state index is 0.0729. The lowest BCUT2D eigenvalue weighted by Crippen LogP contribution is -2.16. The summed E-state index contributed by atoms with van der Waals surface area (Å²) in [5, 5.41) is 10.4. The van der Waals surface area contributed by atoms with E-state index in [1.54, 1.807) is 11.3 Å². The molecule has 0 bridgehead atoms. The maximum Gasteiger partial charge on any atom is 0.185 e. The Morgan fingerprint density at radius 1 is 1.35 bits per heavy atom. The number of hydrogen-bond donors (Lipinski definition) is 1. The normalized spacial score (nSPS) is 11.1. The number of aromatic nitrogens is 1. The fourth-order valence-electron chi connectivity index (χ4n) is 2.23. The first-order valence-electron chi connectivity index (χ1n) is 6.88. The molecule has 0 spiro atoms. The highest BCUT2D eigenvalue weighted by Crippen LogP contribution is 2.30. The van der Waals surface area contributed by atoms with Gasteiger partial charge in [0.15, 0.2) is 5.13 Å². The van der Waals surface area contributed by atoms with Crippen LogP contribution in [0.1, 0.15) is 41.5 Å². The van der Waals surface area contributed by atoms with Gasteiger partial charge in [-0.15, -0.1) is 0 Å². The molecule has 2 aromatic rings. The number of thiazole rings is 1. The van der Waals surface area contributed by atoms with E-state index in [1.165, 1.54) is 11.1 Å². The third-order valence-electron chi connectivity index (χ3n) is 3.24. The van der Waals surface area contributed by atoms with Gasteiger partial charge in [-0.2, -0.15) is 0 Å². The zero-order valence-electron chi connectivity index (χ0n) is 12.6. The van der Waals surface area contributed by atoms with E-state index in [-0.39, 0.29) is 6.61 Å². The molecule has 20 heavy (non-hydrogen) atoms. The Labute approximate surface area is 124 Å².